The average molecular weight is 266 g/mol. The topological polar surface area (TPSA) is 59.0 Å². The van der Waals surface area contributed by atoms with Gasteiger partial charge in [-0.3, -0.25) is 4.79 Å². The van der Waals surface area contributed by atoms with Gasteiger partial charge in [-0.25, -0.2) is 4.98 Å². The Balaban J connectivity index is 2.38. The van der Waals surface area contributed by atoms with Gasteiger partial charge in [-0.05, 0) is 19.4 Å². The van der Waals surface area contributed by atoms with E-state index in [1.807, 2.05) is 10.8 Å². The van der Waals surface area contributed by atoms with E-state index in [0.29, 0.717) is 6.54 Å². The molecule has 0 aromatic carbocycles. The maximum atomic E-state index is 11.8. The van der Waals surface area contributed by atoms with Crippen LogP contribution in [0, 0.1) is 0 Å². The number of imidazole rings is 1. The molecule has 108 valence electrons. The summed E-state index contributed by atoms with van der Waals surface area (Å²) in [5.74, 6) is 0.0596. The third kappa shape index (κ3) is 5.87. The normalized spacial score (nSPS) is 10.9. The molecule has 19 heavy (non-hydrogen) atoms. The van der Waals surface area contributed by atoms with E-state index >= 15 is 0 Å². The molecule has 0 bridgehead atoms. The van der Waals surface area contributed by atoms with Crippen molar-refractivity contribution in [1.29, 1.82) is 0 Å². The molecule has 1 heterocycles. The zero-order valence-electron chi connectivity index (χ0n) is 12.3. The summed E-state index contributed by atoms with van der Waals surface area (Å²) in [6.07, 6.45) is 6.52. The lowest BCUT2D eigenvalue weighted by atomic mass is 10.2. The van der Waals surface area contributed by atoms with Crippen molar-refractivity contribution < 1.29 is 4.79 Å². The molecule has 1 rings (SSSR count). The molecule has 1 amide bonds. The lowest BCUT2D eigenvalue weighted by Crippen LogP contribution is -2.36. The molecule has 0 atom stereocenters. The summed E-state index contributed by atoms with van der Waals surface area (Å²) in [6, 6.07) is 0.282. The van der Waals surface area contributed by atoms with E-state index in [2.05, 4.69) is 36.4 Å². The number of carbonyl (C=O) groups is 1. The van der Waals surface area contributed by atoms with Gasteiger partial charge in [0.1, 0.15) is 6.54 Å². The summed E-state index contributed by atoms with van der Waals surface area (Å²) >= 11 is 0. The molecular formula is C14H26N4O. The molecule has 0 aliphatic heterocycles. The summed E-state index contributed by atoms with van der Waals surface area (Å²) < 4.78 is 1.85. The van der Waals surface area contributed by atoms with E-state index in [4.69, 9.17) is 0 Å². The second-order valence-corrected chi connectivity index (χ2v) is 4.72. The van der Waals surface area contributed by atoms with Crippen LogP contribution in [0.25, 0.3) is 0 Å². The van der Waals surface area contributed by atoms with Gasteiger partial charge in [-0.2, -0.15) is 0 Å². The van der Waals surface area contributed by atoms with Gasteiger partial charge in [-0.15, -0.1) is 0 Å². The van der Waals surface area contributed by atoms with E-state index in [1.54, 1.807) is 6.33 Å². The van der Waals surface area contributed by atoms with Gasteiger partial charge >= 0.3 is 0 Å². The van der Waals surface area contributed by atoms with Crippen LogP contribution in [0.1, 0.15) is 39.3 Å². The third-order valence-electron chi connectivity index (χ3n) is 3.17. The van der Waals surface area contributed by atoms with Gasteiger partial charge in [0.15, 0.2) is 0 Å². The van der Waals surface area contributed by atoms with E-state index in [1.165, 1.54) is 0 Å². The maximum absolute atomic E-state index is 11.8. The number of nitrogens with zero attached hydrogens (tertiary/aromatic N) is 2. The van der Waals surface area contributed by atoms with Gasteiger partial charge in [0.2, 0.25) is 5.91 Å². The largest absolute Gasteiger partial charge is 0.352 e. The molecule has 0 saturated carbocycles. The van der Waals surface area contributed by atoms with E-state index in [-0.39, 0.29) is 11.9 Å². The first kappa shape index (κ1) is 15.7. The second kappa shape index (κ2) is 8.69. The van der Waals surface area contributed by atoms with Crippen LogP contribution in [0.3, 0.4) is 0 Å². The first-order valence-electron chi connectivity index (χ1n) is 7.20. The Hall–Kier alpha value is -1.36. The quantitative estimate of drug-likeness (QED) is 0.663. The highest BCUT2D eigenvalue weighted by Gasteiger charge is 2.09. The average Bonchev–Trinajstić information content (AvgIpc) is 2.83. The molecular weight excluding hydrogens is 240 g/mol. The lowest BCUT2D eigenvalue weighted by Gasteiger charge is -2.14. The number of amides is 1. The fourth-order valence-corrected chi connectivity index (χ4v) is 1.95. The van der Waals surface area contributed by atoms with Crippen LogP contribution >= 0.6 is 0 Å². The highest BCUT2D eigenvalue weighted by atomic mass is 16.2. The summed E-state index contributed by atoms with van der Waals surface area (Å²) in [4.78, 5) is 16.1. The number of rotatable bonds is 9. The van der Waals surface area contributed by atoms with Crippen molar-refractivity contribution in [3.8, 4) is 0 Å². The smallest absolute Gasteiger partial charge is 0.240 e. The van der Waals surface area contributed by atoms with Crippen molar-refractivity contribution in [1.82, 2.24) is 20.2 Å². The number of nitrogens with one attached hydrogen (secondary N) is 2. The molecule has 5 heteroatoms. The van der Waals surface area contributed by atoms with Gasteiger partial charge < -0.3 is 15.2 Å². The fourth-order valence-electron chi connectivity index (χ4n) is 1.95. The molecule has 0 aliphatic carbocycles. The van der Waals surface area contributed by atoms with Crippen LogP contribution in [0.5, 0.6) is 0 Å². The standard InChI is InChI=1S/C14H26N4O/c1-4-12(5-2)17-14(19)10-18-9-13(16-11-18)7-8-15-6-3/h9,11-12,15H,4-8,10H2,1-3H3,(H,17,19). The van der Waals surface area contributed by atoms with E-state index in [0.717, 1.165) is 38.0 Å². The molecule has 1 aromatic heterocycles. The van der Waals surface area contributed by atoms with Gasteiger partial charge in [0.05, 0.1) is 12.0 Å². The minimum absolute atomic E-state index is 0.0596. The first-order chi connectivity index (χ1) is 9.19. The van der Waals surface area contributed by atoms with Crippen LogP contribution < -0.4 is 10.6 Å². The van der Waals surface area contributed by atoms with Crippen molar-refractivity contribution in [2.24, 2.45) is 0 Å². The van der Waals surface area contributed by atoms with Gasteiger partial charge in [0.25, 0.3) is 0 Å². The molecule has 0 fully saturated rings. The Labute approximate surface area is 115 Å². The fraction of sp³-hybridized carbons (Fsp3) is 0.714. The van der Waals surface area contributed by atoms with E-state index in [9.17, 15) is 4.79 Å². The predicted molar refractivity (Wildman–Crippen MR) is 77.0 cm³/mol. The molecule has 0 radical (unpaired) electrons. The van der Waals surface area contributed by atoms with Gasteiger partial charge in [-0.1, -0.05) is 20.8 Å². The Kier molecular flexibility index (Phi) is 7.18. The highest BCUT2D eigenvalue weighted by Crippen LogP contribution is 1.99. The summed E-state index contributed by atoms with van der Waals surface area (Å²) in [5, 5.41) is 6.29. The molecule has 0 unspecified atom stereocenters. The van der Waals surface area contributed by atoms with Crippen molar-refractivity contribution >= 4 is 5.91 Å². The van der Waals surface area contributed by atoms with Crippen LogP contribution in [0.15, 0.2) is 12.5 Å². The number of carbonyl (C=O) groups excluding carboxylic acids is 1. The Morgan fingerprint density at radius 1 is 1.37 bits per heavy atom. The summed E-state index contributed by atoms with van der Waals surface area (Å²) in [5.41, 5.74) is 1.02. The monoisotopic (exact) mass is 266 g/mol. The summed E-state index contributed by atoms with van der Waals surface area (Å²) in [7, 11) is 0. The number of hydrogen-bond donors (Lipinski definition) is 2. The molecule has 0 spiro atoms. The zero-order valence-corrected chi connectivity index (χ0v) is 12.3. The van der Waals surface area contributed by atoms with Crippen molar-refractivity contribution in [2.45, 2.75) is 52.6 Å². The first-order valence-corrected chi connectivity index (χ1v) is 7.20. The minimum atomic E-state index is 0.0596. The SMILES string of the molecule is CCNCCc1cn(CC(=O)NC(CC)CC)cn1. The lowest BCUT2D eigenvalue weighted by molar-refractivity contribution is -0.122. The number of likely N-dealkylation sites (N-methyl/N-ethyl adjacent to an activating group) is 1. The van der Waals surface area contributed by atoms with Crippen LogP contribution in [-0.2, 0) is 17.8 Å². The molecule has 0 saturated heterocycles. The number of aromatic nitrogens is 2. The maximum Gasteiger partial charge on any atom is 0.240 e. The molecule has 0 aliphatic rings. The van der Waals surface area contributed by atoms with Crippen molar-refractivity contribution in [3.63, 3.8) is 0 Å². The van der Waals surface area contributed by atoms with Gasteiger partial charge in [0, 0.05) is 25.2 Å². The Morgan fingerprint density at radius 2 is 2.11 bits per heavy atom. The predicted octanol–water partition coefficient (Wildman–Crippen LogP) is 1.34. The zero-order chi connectivity index (χ0) is 14.1. The van der Waals surface area contributed by atoms with E-state index < -0.39 is 0 Å². The highest BCUT2D eigenvalue weighted by molar-refractivity contribution is 5.76. The van der Waals surface area contributed by atoms with Crippen molar-refractivity contribution in [2.75, 3.05) is 13.1 Å². The second-order valence-electron chi connectivity index (χ2n) is 4.72. The Morgan fingerprint density at radius 3 is 2.74 bits per heavy atom. The summed E-state index contributed by atoms with van der Waals surface area (Å²) in [6.45, 7) is 8.51. The third-order valence-corrected chi connectivity index (χ3v) is 3.17. The van der Waals surface area contributed by atoms with Crippen LogP contribution in [-0.4, -0.2) is 34.6 Å². The molecule has 1 aromatic rings. The molecule has 5 nitrogen and oxygen atoms in total. The Bertz CT molecular complexity index is 371. The van der Waals surface area contributed by atoms with Crippen LogP contribution in [0.2, 0.25) is 0 Å². The minimum Gasteiger partial charge on any atom is -0.352 e. The van der Waals surface area contributed by atoms with Crippen molar-refractivity contribution in [3.05, 3.63) is 18.2 Å². The van der Waals surface area contributed by atoms with Crippen LogP contribution in [0.4, 0.5) is 0 Å². The molecule has 2 N–H and O–H groups in total. The number of hydrogen-bond acceptors (Lipinski definition) is 3.